The van der Waals surface area contributed by atoms with Gasteiger partial charge in [-0.15, -0.1) is 11.3 Å². The van der Waals surface area contributed by atoms with E-state index < -0.39 is 5.97 Å². The fraction of sp³-hybridized carbons (Fsp3) is 0.200. The number of esters is 1. The molecule has 0 spiro atoms. The van der Waals surface area contributed by atoms with E-state index in [1.54, 1.807) is 31.2 Å². The fourth-order valence-electron chi connectivity index (χ4n) is 1.66. The van der Waals surface area contributed by atoms with E-state index in [0.29, 0.717) is 16.3 Å². The number of Topliss-reactive ketones (excluding diaryl/α,β-unsaturated/α-hetero) is 1. The monoisotopic (exact) mass is 318 g/mol. The van der Waals surface area contributed by atoms with Gasteiger partial charge in [0.05, 0.1) is 6.61 Å². The molecule has 1 aromatic heterocycles. The lowest BCUT2D eigenvalue weighted by atomic mass is 10.1. The molecule has 1 heterocycles. The van der Waals surface area contributed by atoms with E-state index in [4.69, 9.17) is 4.74 Å². The average molecular weight is 318 g/mol. The van der Waals surface area contributed by atoms with E-state index in [1.807, 2.05) is 0 Å². The molecule has 1 N–H and O–H groups in total. The Hall–Kier alpha value is -2.54. The van der Waals surface area contributed by atoms with Gasteiger partial charge < -0.3 is 4.74 Å². The topological polar surface area (TPSA) is 85.4 Å². The molecule has 0 bridgehead atoms. The number of hydrogen-bond donors (Lipinski definition) is 1. The number of nitrogens with one attached hydrogen (secondary N) is 1. The zero-order chi connectivity index (χ0) is 16.1. The average Bonchev–Trinajstić information content (AvgIpc) is 2.96. The van der Waals surface area contributed by atoms with Crippen LogP contribution in [-0.4, -0.2) is 29.3 Å². The number of carbonyl (C=O) groups is 3. The SMILES string of the molecule is CCOC(=O)c1csc(NC(=O)c2ccc(C(C)=O)cc2)n1. The van der Waals surface area contributed by atoms with Crippen molar-refractivity contribution in [3.05, 3.63) is 46.5 Å². The van der Waals surface area contributed by atoms with Gasteiger partial charge in [-0.25, -0.2) is 9.78 Å². The highest BCUT2D eigenvalue weighted by atomic mass is 32.1. The van der Waals surface area contributed by atoms with Crippen LogP contribution in [0.4, 0.5) is 5.13 Å². The molecule has 6 nitrogen and oxygen atoms in total. The van der Waals surface area contributed by atoms with Gasteiger partial charge in [0.15, 0.2) is 16.6 Å². The first-order chi connectivity index (χ1) is 10.5. The summed E-state index contributed by atoms with van der Waals surface area (Å²) in [6, 6.07) is 6.30. The summed E-state index contributed by atoms with van der Waals surface area (Å²) in [5, 5.41) is 4.43. The molecule has 0 unspecified atom stereocenters. The highest BCUT2D eigenvalue weighted by Crippen LogP contribution is 2.17. The first-order valence-electron chi connectivity index (χ1n) is 6.56. The van der Waals surface area contributed by atoms with Crippen molar-refractivity contribution in [2.75, 3.05) is 11.9 Å². The Balaban J connectivity index is 2.05. The fourth-order valence-corrected chi connectivity index (χ4v) is 2.33. The number of rotatable bonds is 5. The van der Waals surface area contributed by atoms with Crippen LogP contribution in [0, 0.1) is 0 Å². The maximum absolute atomic E-state index is 12.1. The van der Waals surface area contributed by atoms with Crippen LogP contribution in [-0.2, 0) is 4.74 Å². The normalized spacial score (nSPS) is 10.1. The molecule has 2 rings (SSSR count). The van der Waals surface area contributed by atoms with Gasteiger partial charge in [0.1, 0.15) is 0 Å². The maximum Gasteiger partial charge on any atom is 0.357 e. The molecular weight excluding hydrogens is 304 g/mol. The van der Waals surface area contributed by atoms with E-state index >= 15 is 0 Å². The lowest BCUT2D eigenvalue weighted by Crippen LogP contribution is -2.12. The van der Waals surface area contributed by atoms with Gasteiger partial charge in [-0.2, -0.15) is 0 Å². The molecule has 0 fully saturated rings. The highest BCUT2D eigenvalue weighted by molar-refractivity contribution is 7.14. The van der Waals surface area contributed by atoms with Crippen LogP contribution in [0.25, 0.3) is 0 Å². The summed E-state index contributed by atoms with van der Waals surface area (Å²) in [6.07, 6.45) is 0. The summed E-state index contributed by atoms with van der Waals surface area (Å²) in [4.78, 5) is 38.7. The second-order valence-corrected chi connectivity index (χ2v) is 5.20. The van der Waals surface area contributed by atoms with Gasteiger partial charge in [0, 0.05) is 16.5 Å². The number of anilines is 1. The Labute approximate surface area is 131 Å². The number of amides is 1. The Bertz CT molecular complexity index is 707. The Morgan fingerprint density at radius 1 is 1.18 bits per heavy atom. The Morgan fingerprint density at radius 3 is 2.41 bits per heavy atom. The Kier molecular flexibility index (Phi) is 5.00. The third-order valence-corrected chi connectivity index (χ3v) is 3.52. The second-order valence-electron chi connectivity index (χ2n) is 4.35. The number of hydrogen-bond acceptors (Lipinski definition) is 6. The molecule has 0 aliphatic rings. The minimum absolute atomic E-state index is 0.0639. The molecule has 0 aliphatic heterocycles. The molecule has 1 aromatic carbocycles. The molecule has 114 valence electrons. The Morgan fingerprint density at radius 2 is 1.82 bits per heavy atom. The van der Waals surface area contributed by atoms with Crippen LogP contribution in [0.5, 0.6) is 0 Å². The van der Waals surface area contributed by atoms with Crippen molar-refractivity contribution in [1.82, 2.24) is 4.98 Å². The summed E-state index contributed by atoms with van der Waals surface area (Å²) in [5.74, 6) is -0.948. The molecular formula is C15H14N2O4S. The quantitative estimate of drug-likeness (QED) is 0.677. The third kappa shape index (κ3) is 3.76. The van der Waals surface area contributed by atoms with Crippen molar-refractivity contribution in [3.8, 4) is 0 Å². The highest BCUT2D eigenvalue weighted by Gasteiger charge is 2.14. The van der Waals surface area contributed by atoms with Crippen molar-refractivity contribution < 1.29 is 19.1 Å². The number of benzene rings is 1. The van der Waals surface area contributed by atoms with E-state index in [1.165, 1.54) is 12.3 Å². The molecule has 1 amide bonds. The zero-order valence-corrected chi connectivity index (χ0v) is 12.9. The number of thiazole rings is 1. The lowest BCUT2D eigenvalue weighted by Gasteiger charge is -2.02. The minimum Gasteiger partial charge on any atom is -0.461 e. The van der Waals surface area contributed by atoms with Gasteiger partial charge >= 0.3 is 5.97 Å². The maximum atomic E-state index is 12.1. The second kappa shape index (κ2) is 6.95. The summed E-state index contributed by atoms with van der Waals surface area (Å²) in [5.41, 5.74) is 1.10. The van der Waals surface area contributed by atoms with Gasteiger partial charge in [0.2, 0.25) is 0 Å². The van der Waals surface area contributed by atoms with Gasteiger partial charge in [0.25, 0.3) is 5.91 Å². The molecule has 0 saturated carbocycles. The van der Waals surface area contributed by atoms with E-state index in [0.717, 1.165) is 11.3 Å². The molecule has 0 aliphatic carbocycles. The lowest BCUT2D eigenvalue weighted by molar-refractivity contribution is 0.0520. The largest absolute Gasteiger partial charge is 0.461 e. The molecule has 2 aromatic rings. The van der Waals surface area contributed by atoms with Crippen molar-refractivity contribution in [1.29, 1.82) is 0 Å². The number of aromatic nitrogens is 1. The first-order valence-corrected chi connectivity index (χ1v) is 7.44. The summed E-state index contributed by atoms with van der Waals surface area (Å²) in [6.45, 7) is 3.43. The van der Waals surface area contributed by atoms with Gasteiger partial charge in [-0.1, -0.05) is 12.1 Å². The van der Waals surface area contributed by atoms with Crippen LogP contribution in [0.15, 0.2) is 29.6 Å². The number of ketones is 1. The van der Waals surface area contributed by atoms with Crippen molar-refractivity contribution in [3.63, 3.8) is 0 Å². The zero-order valence-electron chi connectivity index (χ0n) is 12.1. The van der Waals surface area contributed by atoms with Crippen molar-refractivity contribution in [2.45, 2.75) is 13.8 Å². The van der Waals surface area contributed by atoms with Crippen LogP contribution in [0.3, 0.4) is 0 Å². The van der Waals surface area contributed by atoms with Gasteiger partial charge in [-0.3, -0.25) is 14.9 Å². The summed E-state index contributed by atoms with van der Waals surface area (Å²) in [7, 11) is 0. The molecule has 0 radical (unpaired) electrons. The van der Waals surface area contributed by atoms with Crippen LogP contribution in [0.1, 0.15) is 45.1 Å². The molecule has 0 saturated heterocycles. The van der Waals surface area contributed by atoms with Crippen LogP contribution in [0.2, 0.25) is 0 Å². The smallest absolute Gasteiger partial charge is 0.357 e. The molecule has 7 heteroatoms. The summed E-state index contributed by atoms with van der Waals surface area (Å²) < 4.78 is 4.83. The van der Waals surface area contributed by atoms with Crippen LogP contribution >= 0.6 is 11.3 Å². The third-order valence-electron chi connectivity index (χ3n) is 2.76. The number of carbonyl (C=O) groups excluding carboxylic acids is 3. The van der Waals surface area contributed by atoms with E-state index in [-0.39, 0.29) is 24.0 Å². The molecule has 22 heavy (non-hydrogen) atoms. The predicted octanol–water partition coefficient (Wildman–Crippen LogP) is 2.77. The van der Waals surface area contributed by atoms with Crippen LogP contribution < -0.4 is 5.32 Å². The molecule has 0 atom stereocenters. The van der Waals surface area contributed by atoms with Crippen molar-refractivity contribution in [2.24, 2.45) is 0 Å². The van der Waals surface area contributed by atoms with E-state index in [9.17, 15) is 14.4 Å². The minimum atomic E-state index is -0.523. The standard InChI is InChI=1S/C15H14N2O4S/c1-3-21-14(20)12-8-22-15(16-12)17-13(19)11-6-4-10(5-7-11)9(2)18/h4-8H,3H2,1-2H3,(H,16,17,19). The predicted molar refractivity (Wildman–Crippen MR) is 82.5 cm³/mol. The number of nitrogens with zero attached hydrogens (tertiary/aromatic N) is 1. The van der Waals surface area contributed by atoms with E-state index in [2.05, 4.69) is 10.3 Å². The first kappa shape index (κ1) is 15.8. The van der Waals surface area contributed by atoms with Crippen molar-refractivity contribution >= 4 is 34.1 Å². The summed E-state index contributed by atoms with van der Waals surface area (Å²) >= 11 is 1.14. The number of ether oxygens (including phenoxy) is 1. The van der Waals surface area contributed by atoms with Gasteiger partial charge in [-0.05, 0) is 26.0 Å².